The molecule has 0 radical (unpaired) electrons. The van der Waals surface area contributed by atoms with Crippen LogP contribution in [0.4, 0.5) is 15.9 Å². The fourth-order valence-corrected chi connectivity index (χ4v) is 4.39. The Labute approximate surface area is 210 Å². The zero-order valence-corrected chi connectivity index (χ0v) is 19.9. The molecule has 1 aliphatic heterocycles. The molecule has 0 bridgehead atoms. The number of carbonyl (C=O) groups excluding carboxylic acids is 1. The number of likely N-dealkylation sites (tertiary alicyclic amines) is 1. The van der Waals surface area contributed by atoms with E-state index in [4.69, 9.17) is 0 Å². The maximum atomic E-state index is 13.5. The number of nitrogens with zero attached hydrogens (tertiary/aromatic N) is 3. The highest BCUT2D eigenvalue weighted by Gasteiger charge is 2.21. The first-order valence-corrected chi connectivity index (χ1v) is 12.2. The molecule has 2 N–H and O–H groups in total. The highest BCUT2D eigenvalue weighted by Crippen LogP contribution is 2.20. The van der Waals surface area contributed by atoms with E-state index >= 15 is 0 Å². The Hall–Kier alpha value is -4.10. The predicted molar refractivity (Wildman–Crippen MR) is 139 cm³/mol. The molecule has 4 aromatic rings. The van der Waals surface area contributed by atoms with Gasteiger partial charge in [0.15, 0.2) is 5.82 Å². The number of hydrogen-bond donors (Lipinski definition) is 2. The summed E-state index contributed by atoms with van der Waals surface area (Å²) in [7, 11) is 0. The second-order valence-corrected chi connectivity index (χ2v) is 8.99. The smallest absolute Gasteiger partial charge is 0.251 e. The molecule has 0 unspecified atom stereocenters. The molecule has 1 saturated heterocycles. The fraction of sp³-hybridized carbons (Fsp3) is 0.207. The summed E-state index contributed by atoms with van der Waals surface area (Å²) in [5.41, 5.74) is 3.34. The molecule has 1 aromatic heterocycles. The molecule has 0 aliphatic carbocycles. The Morgan fingerprint density at radius 1 is 0.944 bits per heavy atom. The van der Waals surface area contributed by atoms with Crippen molar-refractivity contribution in [1.29, 1.82) is 0 Å². The van der Waals surface area contributed by atoms with Crippen LogP contribution in [0.5, 0.6) is 0 Å². The van der Waals surface area contributed by atoms with Crippen molar-refractivity contribution in [3.05, 3.63) is 108 Å². The van der Waals surface area contributed by atoms with E-state index in [1.807, 2.05) is 18.2 Å². The second kappa shape index (κ2) is 11.1. The molecule has 0 saturated carbocycles. The largest absolute Gasteiger partial charge is 0.349 e. The van der Waals surface area contributed by atoms with E-state index in [0.29, 0.717) is 22.8 Å². The summed E-state index contributed by atoms with van der Waals surface area (Å²) in [5.74, 6) is 0.633. The third kappa shape index (κ3) is 6.12. The van der Waals surface area contributed by atoms with Gasteiger partial charge in [-0.15, -0.1) is 0 Å². The van der Waals surface area contributed by atoms with Crippen LogP contribution in [0.2, 0.25) is 0 Å². The van der Waals surface area contributed by atoms with Gasteiger partial charge in [0.05, 0.1) is 0 Å². The molecule has 1 aliphatic rings. The number of amides is 1. The summed E-state index contributed by atoms with van der Waals surface area (Å²) in [6.07, 6.45) is 3.52. The Bertz CT molecular complexity index is 1300. The monoisotopic (exact) mass is 481 g/mol. The first-order chi connectivity index (χ1) is 17.6. The lowest BCUT2D eigenvalue weighted by Gasteiger charge is -2.32. The summed E-state index contributed by atoms with van der Waals surface area (Å²) in [6.45, 7) is 2.89. The van der Waals surface area contributed by atoms with Crippen LogP contribution in [0.1, 0.15) is 28.8 Å². The Morgan fingerprint density at radius 2 is 1.72 bits per heavy atom. The van der Waals surface area contributed by atoms with Gasteiger partial charge in [-0.1, -0.05) is 42.5 Å². The van der Waals surface area contributed by atoms with Crippen molar-refractivity contribution in [3.63, 3.8) is 0 Å². The Balaban J connectivity index is 1.14. The topological polar surface area (TPSA) is 70.2 Å². The predicted octanol–water partition coefficient (Wildman–Crippen LogP) is 5.42. The number of hydrogen-bond acceptors (Lipinski definition) is 5. The van der Waals surface area contributed by atoms with Crippen LogP contribution in [0, 0.1) is 5.82 Å². The van der Waals surface area contributed by atoms with Gasteiger partial charge in [-0.3, -0.25) is 9.69 Å². The molecule has 0 atom stereocenters. The van der Waals surface area contributed by atoms with Crippen LogP contribution >= 0.6 is 0 Å². The van der Waals surface area contributed by atoms with E-state index < -0.39 is 0 Å². The minimum absolute atomic E-state index is 0.0570. The van der Waals surface area contributed by atoms with E-state index in [-0.39, 0.29) is 17.8 Å². The standard InChI is InChI=1S/C29H28FN5O/c30-24-8-4-7-23(19-24)28-31-16-13-27(34-28)32-25-11-9-22(10-12-25)29(36)33-26-14-17-35(18-15-26)20-21-5-2-1-3-6-21/h1-13,16,19,26H,14-15,17-18,20H2,(H,33,36)(H,31,32,34). The number of carbonyl (C=O) groups is 1. The SMILES string of the molecule is O=C(NC1CCN(Cc2ccccc2)CC1)c1ccc(Nc2ccnc(-c3cccc(F)c3)n2)cc1. The number of anilines is 2. The van der Waals surface area contributed by atoms with Crippen molar-refractivity contribution >= 4 is 17.4 Å². The summed E-state index contributed by atoms with van der Waals surface area (Å²) in [4.78, 5) is 23.9. The molecule has 2 heterocycles. The van der Waals surface area contributed by atoms with Crippen LogP contribution < -0.4 is 10.6 Å². The third-order valence-electron chi connectivity index (χ3n) is 6.33. The number of nitrogens with one attached hydrogen (secondary N) is 2. The molecule has 6 nitrogen and oxygen atoms in total. The van der Waals surface area contributed by atoms with Gasteiger partial charge in [0.25, 0.3) is 5.91 Å². The van der Waals surface area contributed by atoms with E-state index in [2.05, 4.69) is 49.8 Å². The zero-order chi connectivity index (χ0) is 24.7. The van der Waals surface area contributed by atoms with E-state index in [0.717, 1.165) is 38.2 Å². The van der Waals surface area contributed by atoms with Crippen LogP contribution in [0.3, 0.4) is 0 Å². The number of aromatic nitrogens is 2. The lowest BCUT2D eigenvalue weighted by Crippen LogP contribution is -2.44. The minimum atomic E-state index is -0.332. The van der Waals surface area contributed by atoms with Gasteiger partial charge in [-0.2, -0.15) is 0 Å². The summed E-state index contributed by atoms with van der Waals surface area (Å²) in [6, 6.07) is 25.9. The molecule has 5 rings (SSSR count). The average Bonchev–Trinajstić information content (AvgIpc) is 2.91. The van der Waals surface area contributed by atoms with E-state index in [1.165, 1.54) is 17.7 Å². The van der Waals surface area contributed by atoms with Crippen molar-refractivity contribution < 1.29 is 9.18 Å². The van der Waals surface area contributed by atoms with Crippen molar-refractivity contribution in [2.75, 3.05) is 18.4 Å². The van der Waals surface area contributed by atoms with E-state index in [9.17, 15) is 9.18 Å². The highest BCUT2D eigenvalue weighted by molar-refractivity contribution is 5.94. The van der Waals surface area contributed by atoms with Crippen LogP contribution in [0.15, 0.2) is 91.1 Å². The van der Waals surface area contributed by atoms with Crippen LogP contribution in [0.25, 0.3) is 11.4 Å². The molecule has 36 heavy (non-hydrogen) atoms. The van der Waals surface area contributed by atoms with Gasteiger partial charge in [-0.25, -0.2) is 14.4 Å². The maximum Gasteiger partial charge on any atom is 0.251 e. The van der Waals surface area contributed by atoms with Crippen molar-refractivity contribution in [1.82, 2.24) is 20.2 Å². The zero-order valence-electron chi connectivity index (χ0n) is 19.9. The van der Waals surface area contributed by atoms with Crippen LogP contribution in [-0.4, -0.2) is 39.9 Å². The Kier molecular flexibility index (Phi) is 7.28. The van der Waals surface area contributed by atoms with E-state index in [1.54, 1.807) is 36.5 Å². The van der Waals surface area contributed by atoms with Crippen molar-refractivity contribution in [3.8, 4) is 11.4 Å². The third-order valence-corrected chi connectivity index (χ3v) is 6.33. The number of rotatable bonds is 7. The summed E-state index contributed by atoms with van der Waals surface area (Å²) in [5, 5.41) is 6.40. The summed E-state index contributed by atoms with van der Waals surface area (Å²) < 4.78 is 13.5. The molecule has 1 fully saturated rings. The summed E-state index contributed by atoms with van der Waals surface area (Å²) >= 11 is 0. The first-order valence-electron chi connectivity index (χ1n) is 12.2. The lowest BCUT2D eigenvalue weighted by molar-refractivity contribution is 0.0909. The number of benzene rings is 3. The highest BCUT2D eigenvalue weighted by atomic mass is 19.1. The average molecular weight is 482 g/mol. The van der Waals surface area contributed by atoms with Gasteiger partial charge in [0.2, 0.25) is 0 Å². The molecule has 7 heteroatoms. The van der Waals surface area contributed by atoms with Crippen LogP contribution in [-0.2, 0) is 6.54 Å². The normalized spacial score (nSPS) is 14.4. The molecule has 1 amide bonds. The fourth-order valence-electron chi connectivity index (χ4n) is 4.39. The Morgan fingerprint density at radius 3 is 2.47 bits per heavy atom. The number of piperidine rings is 1. The molecular weight excluding hydrogens is 453 g/mol. The molecule has 182 valence electrons. The molecule has 3 aromatic carbocycles. The van der Waals surface area contributed by atoms with Gasteiger partial charge in [-0.05, 0) is 60.9 Å². The maximum absolute atomic E-state index is 13.5. The first kappa shape index (κ1) is 23.6. The van der Waals surface area contributed by atoms with Crippen molar-refractivity contribution in [2.45, 2.75) is 25.4 Å². The quantitative estimate of drug-likeness (QED) is 0.369. The second-order valence-electron chi connectivity index (χ2n) is 8.99. The van der Waals surface area contributed by atoms with Crippen molar-refractivity contribution in [2.24, 2.45) is 0 Å². The molecular formula is C29H28FN5O. The van der Waals surface area contributed by atoms with Gasteiger partial charge >= 0.3 is 0 Å². The minimum Gasteiger partial charge on any atom is -0.349 e. The lowest BCUT2D eigenvalue weighted by atomic mass is 10.0. The van der Waals surface area contributed by atoms with Gasteiger partial charge < -0.3 is 10.6 Å². The number of halogens is 1. The van der Waals surface area contributed by atoms with Gasteiger partial charge in [0.1, 0.15) is 11.6 Å². The van der Waals surface area contributed by atoms with Gasteiger partial charge in [0, 0.05) is 48.7 Å². The molecule has 0 spiro atoms.